The van der Waals surface area contributed by atoms with Crippen LogP contribution in [0.25, 0.3) is 11.1 Å². The molecule has 0 saturated carbocycles. The van der Waals surface area contributed by atoms with Gasteiger partial charge in [0.05, 0.1) is 45.0 Å². The molecule has 0 fully saturated rings. The van der Waals surface area contributed by atoms with Crippen LogP contribution in [0.2, 0.25) is 0 Å². The number of benzene rings is 5. The van der Waals surface area contributed by atoms with E-state index in [1.807, 2.05) is 0 Å². The average molecular weight is 739 g/mol. The van der Waals surface area contributed by atoms with Crippen LogP contribution in [0.3, 0.4) is 0 Å². The van der Waals surface area contributed by atoms with Gasteiger partial charge in [0, 0.05) is 34.7 Å². The highest BCUT2D eigenvalue weighted by molar-refractivity contribution is 6.42. The lowest BCUT2D eigenvalue weighted by atomic mass is 9.93. The Labute approximate surface area is 302 Å². The number of rotatable bonds is 6. The highest BCUT2D eigenvalue weighted by Crippen LogP contribution is 2.42. The second kappa shape index (κ2) is 13.5. The van der Waals surface area contributed by atoms with Crippen LogP contribution in [0.4, 0.5) is 49.1 Å². The maximum atomic E-state index is 14.0. The van der Waals surface area contributed by atoms with E-state index in [2.05, 4.69) is 10.6 Å². The van der Waals surface area contributed by atoms with Crippen LogP contribution in [-0.2, 0) is 21.9 Å². The first kappa shape index (κ1) is 35.4. The average Bonchev–Trinajstić information content (AvgIpc) is 3.15. The number of amides is 4. The quantitative estimate of drug-likeness (QED) is 0.103. The summed E-state index contributed by atoms with van der Waals surface area (Å²) < 4.78 is 84.0. The number of alkyl halides is 6. The van der Waals surface area contributed by atoms with Gasteiger partial charge in [-0.25, -0.2) is 9.80 Å². The van der Waals surface area contributed by atoms with Crippen LogP contribution in [0.15, 0.2) is 134 Å². The third-order valence-electron chi connectivity index (χ3n) is 8.74. The zero-order chi connectivity index (χ0) is 38.4. The molecule has 0 unspecified atom stereocenters. The van der Waals surface area contributed by atoms with Crippen LogP contribution in [-0.4, -0.2) is 23.6 Å². The summed E-state index contributed by atoms with van der Waals surface area (Å²) in [5.74, 6) is -3.94. The van der Waals surface area contributed by atoms with Gasteiger partial charge in [-0.3, -0.25) is 19.2 Å². The molecular weight excluding hydrogens is 714 g/mol. The second-order valence-corrected chi connectivity index (χ2v) is 12.0. The zero-order valence-electron chi connectivity index (χ0n) is 27.5. The molecule has 2 aliphatic rings. The number of hydrogen-bond donors (Lipinski definition) is 2. The highest BCUT2D eigenvalue weighted by atomic mass is 19.4. The number of para-hydroxylation sites is 4. The Kier molecular flexibility index (Phi) is 8.89. The van der Waals surface area contributed by atoms with Crippen LogP contribution < -0.4 is 20.4 Å². The molecule has 0 aliphatic carbocycles. The fourth-order valence-corrected chi connectivity index (χ4v) is 6.27. The lowest BCUT2D eigenvalue weighted by molar-refractivity contribution is -0.138. The number of fused-ring (bicyclic) bond motifs is 2. The van der Waals surface area contributed by atoms with Gasteiger partial charge in [0.25, 0.3) is 23.6 Å². The number of nitrogens with zero attached hydrogens (tertiary/aromatic N) is 2. The Morgan fingerprint density at radius 1 is 0.407 bits per heavy atom. The number of hydrogen-bond acceptors (Lipinski definition) is 6. The number of imide groups is 2. The molecule has 0 aromatic heterocycles. The van der Waals surface area contributed by atoms with Gasteiger partial charge in [0.15, 0.2) is 0 Å². The lowest BCUT2D eigenvalue weighted by Gasteiger charge is -2.30. The third-order valence-corrected chi connectivity index (χ3v) is 8.74. The Morgan fingerprint density at radius 2 is 0.722 bits per heavy atom. The molecule has 5 aromatic rings. The van der Waals surface area contributed by atoms with Gasteiger partial charge in [-0.2, -0.15) is 26.3 Å². The first-order chi connectivity index (χ1) is 25.8. The number of nitrogens with one attached hydrogen (secondary N) is 2. The summed E-state index contributed by atoms with van der Waals surface area (Å²) in [7, 11) is 0. The molecule has 4 amide bonds. The number of carbonyl (C=O) groups excluding carboxylic acids is 4. The van der Waals surface area contributed by atoms with Gasteiger partial charge in [0.1, 0.15) is 0 Å². The van der Waals surface area contributed by atoms with Crippen molar-refractivity contribution in [3.8, 4) is 0 Å². The minimum atomic E-state index is -4.87. The van der Waals surface area contributed by atoms with Crippen LogP contribution in [0, 0.1) is 0 Å². The zero-order valence-corrected chi connectivity index (χ0v) is 27.5. The summed E-state index contributed by atoms with van der Waals surface area (Å²) in [5, 5.41) is 5.92. The molecule has 2 N–H and O–H groups in total. The summed E-state index contributed by atoms with van der Waals surface area (Å²) in [6, 6.07) is 26.8. The van der Waals surface area contributed by atoms with Crippen molar-refractivity contribution in [3.63, 3.8) is 0 Å². The van der Waals surface area contributed by atoms with E-state index < -0.39 is 58.5 Å². The van der Waals surface area contributed by atoms with Crippen LogP contribution in [0.1, 0.15) is 43.0 Å². The first-order valence-electron chi connectivity index (χ1n) is 16.1. The van der Waals surface area contributed by atoms with Crippen molar-refractivity contribution in [2.75, 3.05) is 20.4 Å². The molecule has 5 aromatic carbocycles. The van der Waals surface area contributed by atoms with E-state index in [1.54, 1.807) is 36.4 Å². The molecule has 14 heteroatoms. The van der Waals surface area contributed by atoms with E-state index in [9.17, 15) is 45.5 Å². The van der Waals surface area contributed by atoms with E-state index >= 15 is 0 Å². The maximum Gasteiger partial charge on any atom is 0.418 e. The predicted molar refractivity (Wildman–Crippen MR) is 189 cm³/mol. The van der Waals surface area contributed by atoms with Crippen molar-refractivity contribution in [1.29, 1.82) is 0 Å². The van der Waals surface area contributed by atoms with Crippen molar-refractivity contribution >= 4 is 57.5 Å². The Bertz CT molecular complexity index is 2270. The third kappa shape index (κ3) is 6.27. The van der Waals surface area contributed by atoms with E-state index in [0.717, 1.165) is 36.4 Å². The van der Waals surface area contributed by atoms with Gasteiger partial charge in [-0.1, -0.05) is 72.8 Å². The first-order valence-corrected chi connectivity index (χ1v) is 16.1. The standard InChI is InChI=1S/C40H24F6N4O4/c41-39(42,43)29-15-5-9-19-33(29)49-35(51)25-13-3-1-11-23(25)27(37(49)53)21-47-31-17-7-8-18-32(31)48-22-28-24-12-2-4-14-26(24)36(52)50(38(28)54)34-20-10-6-16-30(34)40(44,45)46/h1-22,47-48H. The molecule has 54 heavy (non-hydrogen) atoms. The molecule has 2 heterocycles. The van der Waals surface area contributed by atoms with Gasteiger partial charge < -0.3 is 10.6 Å². The lowest BCUT2D eigenvalue weighted by Crippen LogP contribution is -2.43. The smallest absolute Gasteiger partial charge is 0.359 e. The molecule has 0 bridgehead atoms. The molecule has 0 saturated heterocycles. The van der Waals surface area contributed by atoms with E-state index in [-0.39, 0.29) is 44.8 Å². The molecule has 0 spiro atoms. The summed E-state index contributed by atoms with van der Waals surface area (Å²) in [4.78, 5) is 55.7. The molecule has 8 nitrogen and oxygen atoms in total. The SMILES string of the molecule is O=C1C(=CNc2ccccc2NC=C2C(=O)N(c3ccccc3C(F)(F)F)C(=O)c3ccccc32)c2ccccc2C(=O)N1c1ccccc1C(F)(F)F. The second-order valence-electron chi connectivity index (χ2n) is 12.0. The minimum Gasteiger partial charge on any atom is -0.359 e. The van der Waals surface area contributed by atoms with Crippen molar-refractivity contribution in [2.24, 2.45) is 0 Å². The van der Waals surface area contributed by atoms with E-state index in [4.69, 9.17) is 0 Å². The number of anilines is 4. The number of halogens is 6. The van der Waals surface area contributed by atoms with Crippen LogP contribution in [0.5, 0.6) is 0 Å². The highest BCUT2D eigenvalue weighted by Gasteiger charge is 2.43. The van der Waals surface area contributed by atoms with Crippen molar-refractivity contribution in [2.45, 2.75) is 12.4 Å². The molecule has 0 atom stereocenters. The largest absolute Gasteiger partial charge is 0.418 e. The van der Waals surface area contributed by atoms with Crippen molar-refractivity contribution in [3.05, 3.63) is 167 Å². The Balaban J connectivity index is 1.26. The fraction of sp³-hybridized carbons (Fsp3) is 0.0500. The normalized spacial score (nSPS) is 16.1. The van der Waals surface area contributed by atoms with Gasteiger partial charge in [-0.15, -0.1) is 0 Å². The Morgan fingerprint density at radius 3 is 1.09 bits per heavy atom. The topological polar surface area (TPSA) is 98.8 Å². The molecule has 2 aliphatic heterocycles. The molecular formula is C40H24F6N4O4. The maximum absolute atomic E-state index is 14.0. The van der Waals surface area contributed by atoms with Crippen molar-refractivity contribution < 1.29 is 45.5 Å². The monoisotopic (exact) mass is 738 g/mol. The van der Waals surface area contributed by atoms with Gasteiger partial charge in [0.2, 0.25) is 0 Å². The van der Waals surface area contributed by atoms with E-state index in [0.29, 0.717) is 9.80 Å². The Hall–Kier alpha value is -6.96. The van der Waals surface area contributed by atoms with Crippen LogP contribution >= 0.6 is 0 Å². The predicted octanol–water partition coefficient (Wildman–Crippen LogP) is 9.00. The fourth-order valence-electron chi connectivity index (χ4n) is 6.27. The van der Waals surface area contributed by atoms with E-state index in [1.165, 1.54) is 60.9 Å². The van der Waals surface area contributed by atoms with Crippen molar-refractivity contribution in [1.82, 2.24) is 0 Å². The van der Waals surface area contributed by atoms with Gasteiger partial charge in [-0.05, 0) is 48.5 Å². The summed E-state index contributed by atoms with van der Waals surface area (Å²) >= 11 is 0. The molecule has 270 valence electrons. The summed E-state index contributed by atoms with van der Waals surface area (Å²) in [6.07, 6.45) is -7.27. The molecule has 0 radical (unpaired) electrons. The van der Waals surface area contributed by atoms with Gasteiger partial charge >= 0.3 is 12.4 Å². The summed E-state index contributed by atoms with van der Waals surface area (Å²) in [5.41, 5.74) is -3.02. The molecule has 7 rings (SSSR count). The minimum absolute atomic E-state index is 0.0149. The number of carbonyl (C=O) groups is 4. The summed E-state index contributed by atoms with van der Waals surface area (Å²) in [6.45, 7) is 0.